The third-order valence-corrected chi connectivity index (χ3v) is 3.70. The lowest BCUT2D eigenvalue weighted by molar-refractivity contribution is 0.334. The summed E-state index contributed by atoms with van der Waals surface area (Å²) in [6, 6.07) is 10.5. The summed E-state index contributed by atoms with van der Waals surface area (Å²) >= 11 is 0. The van der Waals surface area contributed by atoms with Gasteiger partial charge in [-0.05, 0) is 37.4 Å². The quantitative estimate of drug-likeness (QED) is 0.895. The molecule has 0 amide bonds. The van der Waals surface area contributed by atoms with Crippen LogP contribution in [0.3, 0.4) is 0 Å². The summed E-state index contributed by atoms with van der Waals surface area (Å²) in [5.41, 5.74) is 2.48. The van der Waals surface area contributed by atoms with Crippen molar-refractivity contribution in [1.29, 1.82) is 0 Å². The van der Waals surface area contributed by atoms with Crippen LogP contribution in [0.1, 0.15) is 12.8 Å². The topological polar surface area (TPSA) is 29.9 Å². The van der Waals surface area contributed by atoms with Gasteiger partial charge in [0.05, 0.1) is 18.2 Å². The van der Waals surface area contributed by atoms with Crippen LogP contribution in [-0.4, -0.2) is 22.6 Å². The van der Waals surface area contributed by atoms with Crippen LogP contribution in [0.15, 0.2) is 42.9 Å². The zero-order valence-corrected chi connectivity index (χ0v) is 10.5. The molecule has 3 rings (SSSR count). The molecule has 1 aliphatic rings. The molecule has 94 valence electrons. The van der Waals surface area contributed by atoms with Crippen LogP contribution in [0.5, 0.6) is 0 Å². The normalized spacial score (nSPS) is 16.9. The van der Waals surface area contributed by atoms with Gasteiger partial charge in [0.15, 0.2) is 0 Å². The Bertz CT molecular complexity index is 483. The number of hydrogen-bond acceptors (Lipinski definition) is 2. The van der Waals surface area contributed by atoms with Gasteiger partial charge in [-0.1, -0.05) is 30.3 Å². The number of nitrogens with one attached hydrogen (secondary N) is 1. The SMILES string of the molecule is c1ccc(-c2cncn2CC2CCNCC2)cc1. The fraction of sp³-hybridized carbons (Fsp3) is 0.400. The van der Waals surface area contributed by atoms with E-state index in [0.29, 0.717) is 0 Å². The molecule has 0 saturated carbocycles. The Hall–Kier alpha value is -1.61. The van der Waals surface area contributed by atoms with Crippen LogP contribution < -0.4 is 5.32 Å². The molecule has 18 heavy (non-hydrogen) atoms. The smallest absolute Gasteiger partial charge is 0.0951 e. The Morgan fingerprint density at radius 3 is 2.72 bits per heavy atom. The van der Waals surface area contributed by atoms with Gasteiger partial charge in [0.2, 0.25) is 0 Å². The third-order valence-electron chi connectivity index (χ3n) is 3.70. The summed E-state index contributed by atoms with van der Waals surface area (Å²) in [5.74, 6) is 0.780. The zero-order valence-electron chi connectivity index (χ0n) is 10.5. The van der Waals surface area contributed by atoms with Crippen LogP contribution in [0.4, 0.5) is 0 Å². The second-order valence-electron chi connectivity index (χ2n) is 4.99. The highest BCUT2D eigenvalue weighted by molar-refractivity contribution is 5.58. The minimum Gasteiger partial charge on any atom is -0.330 e. The molecule has 0 bridgehead atoms. The number of hydrogen-bond donors (Lipinski definition) is 1. The van der Waals surface area contributed by atoms with E-state index in [-0.39, 0.29) is 0 Å². The van der Waals surface area contributed by atoms with Crippen LogP contribution in [0.2, 0.25) is 0 Å². The van der Waals surface area contributed by atoms with Gasteiger partial charge in [-0.2, -0.15) is 0 Å². The van der Waals surface area contributed by atoms with Crippen molar-refractivity contribution in [2.75, 3.05) is 13.1 Å². The molecule has 1 aliphatic heterocycles. The average molecular weight is 241 g/mol. The first kappa shape index (κ1) is 11.5. The van der Waals surface area contributed by atoms with Crippen LogP contribution in [-0.2, 0) is 6.54 Å². The van der Waals surface area contributed by atoms with Gasteiger partial charge in [-0.25, -0.2) is 4.98 Å². The summed E-state index contributed by atoms with van der Waals surface area (Å²) in [7, 11) is 0. The first-order valence-electron chi connectivity index (χ1n) is 6.70. The van der Waals surface area contributed by atoms with Crippen molar-refractivity contribution < 1.29 is 0 Å². The fourth-order valence-corrected chi connectivity index (χ4v) is 2.66. The standard InChI is InChI=1S/C15H19N3/c1-2-4-14(5-3-1)15-10-17-12-18(15)11-13-6-8-16-9-7-13/h1-5,10,12-13,16H,6-9,11H2. The molecule has 2 heterocycles. The molecule has 1 saturated heterocycles. The Balaban J connectivity index is 1.79. The highest BCUT2D eigenvalue weighted by Crippen LogP contribution is 2.22. The predicted molar refractivity (Wildman–Crippen MR) is 73.3 cm³/mol. The lowest BCUT2D eigenvalue weighted by atomic mass is 9.98. The molecule has 1 N–H and O–H groups in total. The molecule has 2 aromatic rings. The van der Waals surface area contributed by atoms with Crippen molar-refractivity contribution in [2.24, 2.45) is 5.92 Å². The number of imidazole rings is 1. The molecule has 0 aliphatic carbocycles. The third kappa shape index (κ3) is 2.46. The van der Waals surface area contributed by atoms with Gasteiger partial charge < -0.3 is 9.88 Å². The average Bonchev–Trinajstić information content (AvgIpc) is 2.89. The Kier molecular flexibility index (Phi) is 3.42. The van der Waals surface area contributed by atoms with Crippen molar-refractivity contribution in [3.63, 3.8) is 0 Å². The van der Waals surface area contributed by atoms with Crippen molar-refractivity contribution in [2.45, 2.75) is 19.4 Å². The molecule has 3 heteroatoms. The molecular formula is C15H19N3. The first-order chi connectivity index (χ1) is 8.93. The molecule has 1 aromatic carbocycles. The van der Waals surface area contributed by atoms with Crippen LogP contribution >= 0.6 is 0 Å². The summed E-state index contributed by atoms with van der Waals surface area (Å²) in [6.07, 6.45) is 6.47. The molecule has 0 spiro atoms. The van der Waals surface area contributed by atoms with E-state index in [0.717, 1.165) is 25.6 Å². The first-order valence-corrected chi connectivity index (χ1v) is 6.70. The number of rotatable bonds is 3. The van der Waals surface area contributed by atoms with Gasteiger partial charge in [-0.3, -0.25) is 0 Å². The maximum Gasteiger partial charge on any atom is 0.0951 e. The number of benzene rings is 1. The summed E-state index contributed by atoms with van der Waals surface area (Å²) in [5, 5.41) is 3.42. The van der Waals surface area contributed by atoms with E-state index in [2.05, 4.69) is 45.2 Å². The van der Waals surface area contributed by atoms with E-state index < -0.39 is 0 Å². The fourth-order valence-electron chi connectivity index (χ4n) is 2.66. The van der Waals surface area contributed by atoms with Crippen LogP contribution in [0, 0.1) is 5.92 Å². The highest BCUT2D eigenvalue weighted by atomic mass is 15.0. The van der Waals surface area contributed by atoms with E-state index in [9.17, 15) is 0 Å². The minimum atomic E-state index is 0.780. The van der Waals surface area contributed by atoms with E-state index >= 15 is 0 Å². The molecule has 3 nitrogen and oxygen atoms in total. The largest absolute Gasteiger partial charge is 0.330 e. The Morgan fingerprint density at radius 1 is 1.17 bits per heavy atom. The maximum atomic E-state index is 4.31. The number of piperidine rings is 1. The Labute approximate surface area is 108 Å². The van der Waals surface area contributed by atoms with Gasteiger partial charge in [-0.15, -0.1) is 0 Å². The molecule has 0 unspecified atom stereocenters. The maximum absolute atomic E-state index is 4.31. The minimum absolute atomic E-state index is 0.780. The number of nitrogens with zero attached hydrogens (tertiary/aromatic N) is 2. The molecule has 0 radical (unpaired) electrons. The van der Waals surface area contributed by atoms with Crippen LogP contribution in [0.25, 0.3) is 11.3 Å². The van der Waals surface area contributed by atoms with Gasteiger partial charge in [0.1, 0.15) is 0 Å². The van der Waals surface area contributed by atoms with Gasteiger partial charge in [0, 0.05) is 6.54 Å². The molecule has 1 fully saturated rings. The zero-order chi connectivity index (χ0) is 12.2. The van der Waals surface area contributed by atoms with E-state index in [1.54, 1.807) is 0 Å². The summed E-state index contributed by atoms with van der Waals surface area (Å²) < 4.78 is 2.30. The van der Waals surface area contributed by atoms with Gasteiger partial charge >= 0.3 is 0 Å². The molecular weight excluding hydrogens is 222 g/mol. The van der Waals surface area contributed by atoms with Gasteiger partial charge in [0.25, 0.3) is 0 Å². The lowest BCUT2D eigenvalue weighted by Gasteiger charge is -2.23. The summed E-state index contributed by atoms with van der Waals surface area (Å²) in [4.78, 5) is 4.31. The second-order valence-corrected chi connectivity index (χ2v) is 4.99. The summed E-state index contributed by atoms with van der Waals surface area (Å²) in [6.45, 7) is 3.39. The van der Waals surface area contributed by atoms with Crippen molar-refractivity contribution in [1.82, 2.24) is 14.9 Å². The highest BCUT2D eigenvalue weighted by Gasteiger charge is 2.15. The van der Waals surface area contributed by atoms with Crippen molar-refractivity contribution >= 4 is 0 Å². The van der Waals surface area contributed by atoms with Crippen molar-refractivity contribution in [3.05, 3.63) is 42.9 Å². The van der Waals surface area contributed by atoms with E-state index in [4.69, 9.17) is 0 Å². The second kappa shape index (κ2) is 5.36. The van der Waals surface area contributed by atoms with Crippen molar-refractivity contribution in [3.8, 4) is 11.3 Å². The predicted octanol–water partition coefficient (Wildman–Crippen LogP) is 2.55. The number of aromatic nitrogens is 2. The van der Waals surface area contributed by atoms with E-state index in [1.807, 2.05) is 12.5 Å². The lowest BCUT2D eigenvalue weighted by Crippen LogP contribution is -2.29. The monoisotopic (exact) mass is 241 g/mol. The Morgan fingerprint density at radius 2 is 1.94 bits per heavy atom. The van der Waals surface area contributed by atoms with E-state index in [1.165, 1.54) is 24.1 Å². The molecule has 0 atom stereocenters. The molecule has 1 aromatic heterocycles.